The first-order chi connectivity index (χ1) is 8.10. The fourth-order valence-corrected chi connectivity index (χ4v) is 2.81. The Morgan fingerprint density at radius 3 is 2.82 bits per heavy atom. The summed E-state index contributed by atoms with van der Waals surface area (Å²) in [7, 11) is 3.79. The molecule has 2 unspecified atom stereocenters. The highest BCUT2D eigenvalue weighted by molar-refractivity contribution is 7.98. The van der Waals surface area contributed by atoms with Crippen molar-refractivity contribution in [2.24, 2.45) is 12.2 Å². The third kappa shape index (κ3) is 2.91. The van der Waals surface area contributed by atoms with Gasteiger partial charge in [-0.15, -0.1) is 0 Å². The molecule has 17 heavy (non-hydrogen) atoms. The van der Waals surface area contributed by atoms with Gasteiger partial charge in [-0.2, -0.15) is 5.10 Å². The summed E-state index contributed by atoms with van der Waals surface area (Å²) in [5, 5.41) is 9.82. The van der Waals surface area contributed by atoms with Gasteiger partial charge in [0.15, 0.2) is 0 Å². The molecule has 0 aliphatic carbocycles. The molecule has 2 N–H and O–H groups in total. The number of alkyl halides is 1. The Morgan fingerprint density at radius 2 is 2.29 bits per heavy atom. The predicted octanol–water partition coefficient (Wildman–Crippen LogP) is 0.791. The molecule has 0 radical (unpaired) electrons. The summed E-state index contributed by atoms with van der Waals surface area (Å²) >= 11 is 1.13. The number of piperidine rings is 1. The van der Waals surface area contributed by atoms with E-state index in [-0.39, 0.29) is 6.04 Å². The molecular formula is C10H18FN5S. The van der Waals surface area contributed by atoms with Crippen molar-refractivity contribution < 1.29 is 4.39 Å². The Kier molecular flexibility index (Phi) is 3.90. The fourth-order valence-electron chi connectivity index (χ4n) is 2.27. The van der Waals surface area contributed by atoms with Crippen LogP contribution in [0.2, 0.25) is 0 Å². The third-order valence-electron chi connectivity index (χ3n) is 2.95. The Bertz CT molecular complexity index is 361. The average molecular weight is 259 g/mol. The maximum absolute atomic E-state index is 13.6. The largest absolute Gasteiger partial charge is 0.301 e. The molecule has 0 amide bonds. The SMILES string of the molecule is CN1CC(F)CC(N(SN)c2cnn(C)c2)C1. The van der Waals surface area contributed by atoms with Crippen LogP contribution in [0, 0.1) is 0 Å². The van der Waals surface area contributed by atoms with Gasteiger partial charge in [-0.3, -0.25) is 14.1 Å². The highest BCUT2D eigenvalue weighted by atomic mass is 32.2. The second-order valence-electron chi connectivity index (χ2n) is 4.51. The average Bonchev–Trinajstić information content (AvgIpc) is 2.64. The molecule has 1 saturated heterocycles. The molecule has 0 bridgehead atoms. The van der Waals surface area contributed by atoms with Crippen molar-refractivity contribution in [1.82, 2.24) is 14.7 Å². The van der Waals surface area contributed by atoms with E-state index in [1.54, 1.807) is 10.9 Å². The van der Waals surface area contributed by atoms with Gasteiger partial charge in [-0.05, 0) is 7.05 Å². The van der Waals surface area contributed by atoms with Gasteiger partial charge in [0.05, 0.1) is 17.9 Å². The number of nitrogens with two attached hydrogens (primary N) is 1. The maximum atomic E-state index is 13.6. The number of aromatic nitrogens is 2. The minimum absolute atomic E-state index is 0.0861. The summed E-state index contributed by atoms with van der Waals surface area (Å²) < 4.78 is 17.2. The number of halogens is 1. The van der Waals surface area contributed by atoms with Crippen LogP contribution in [0.1, 0.15) is 6.42 Å². The molecule has 1 aromatic heterocycles. The van der Waals surface area contributed by atoms with Crippen LogP contribution in [0.25, 0.3) is 0 Å². The van der Waals surface area contributed by atoms with Crippen LogP contribution >= 0.6 is 12.1 Å². The first-order valence-corrected chi connectivity index (χ1v) is 6.41. The number of nitrogens with zero attached hydrogens (tertiary/aromatic N) is 4. The number of aryl methyl sites for hydroxylation is 1. The van der Waals surface area contributed by atoms with E-state index in [0.717, 1.165) is 24.4 Å². The molecule has 5 nitrogen and oxygen atoms in total. The Balaban J connectivity index is 2.12. The van der Waals surface area contributed by atoms with Gasteiger partial charge in [0.1, 0.15) is 6.17 Å². The highest BCUT2D eigenvalue weighted by Gasteiger charge is 2.30. The Hall–Kier alpha value is -0.790. The molecule has 1 aliphatic heterocycles. The zero-order valence-electron chi connectivity index (χ0n) is 10.1. The zero-order chi connectivity index (χ0) is 12.4. The fraction of sp³-hybridized carbons (Fsp3) is 0.700. The van der Waals surface area contributed by atoms with Crippen molar-refractivity contribution in [1.29, 1.82) is 0 Å². The second-order valence-corrected chi connectivity index (χ2v) is 5.12. The van der Waals surface area contributed by atoms with Gasteiger partial charge in [-0.25, -0.2) is 4.39 Å². The Labute approximate surface area is 105 Å². The van der Waals surface area contributed by atoms with Crippen LogP contribution < -0.4 is 9.44 Å². The van der Waals surface area contributed by atoms with Crippen molar-refractivity contribution in [2.45, 2.75) is 18.6 Å². The van der Waals surface area contributed by atoms with Crippen molar-refractivity contribution >= 4 is 17.8 Å². The topological polar surface area (TPSA) is 50.3 Å². The van der Waals surface area contributed by atoms with Crippen LogP contribution in [0.5, 0.6) is 0 Å². The lowest BCUT2D eigenvalue weighted by Gasteiger charge is -2.38. The number of hydrogen-bond acceptors (Lipinski definition) is 5. The van der Waals surface area contributed by atoms with E-state index in [1.807, 2.05) is 29.5 Å². The van der Waals surface area contributed by atoms with E-state index in [1.165, 1.54) is 0 Å². The van der Waals surface area contributed by atoms with E-state index in [4.69, 9.17) is 5.14 Å². The molecule has 1 fully saturated rings. The summed E-state index contributed by atoms with van der Waals surface area (Å²) in [5.41, 5.74) is 0.924. The smallest absolute Gasteiger partial charge is 0.115 e. The summed E-state index contributed by atoms with van der Waals surface area (Å²) in [4.78, 5) is 2.00. The lowest BCUT2D eigenvalue weighted by molar-refractivity contribution is 0.149. The van der Waals surface area contributed by atoms with Crippen molar-refractivity contribution in [3.63, 3.8) is 0 Å². The maximum Gasteiger partial charge on any atom is 0.115 e. The van der Waals surface area contributed by atoms with Crippen LogP contribution in [-0.2, 0) is 7.05 Å². The van der Waals surface area contributed by atoms with Gasteiger partial charge < -0.3 is 4.90 Å². The molecule has 2 atom stereocenters. The van der Waals surface area contributed by atoms with Gasteiger partial charge >= 0.3 is 0 Å². The normalized spacial score (nSPS) is 26.1. The van der Waals surface area contributed by atoms with Crippen LogP contribution in [0.4, 0.5) is 10.1 Å². The van der Waals surface area contributed by atoms with Gasteiger partial charge in [0.2, 0.25) is 0 Å². The lowest BCUT2D eigenvalue weighted by atomic mass is 10.0. The lowest BCUT2D eigenvalue weighted by Crippen LogP contribution is -2.48. The molecule has 2 rings (SSSR count). The van der Waals surface area contributed by atoms with E-state index in [0.29, 0.717) is 13.0 Å². The molecule has 96 valence electrons. The number of rotatable bonds is 3. The Morgan fingerprint density at radius 1 is 1.53 bits per heavy atom. The van der Waals surface area contributed by atoms with Crippen molar-refractivity contribution in [3.05, 3.63) is 12.4 Å². The molecule has 1 aliphatic rings. The molecule has 0 spiro atoms. The van der Waals surface area contributed by atoms with Crippen molar-refractivity contribution in [3.8, 4) is 0 Å². The van der Waals surface area contributed by atoms with E-state index >= 15 is 0 Å². The van der Waals surface area contributed by atoms with E-state index in [2.05, 4.69) is 5.10 Å². The van der Waals surface area contributed by atoms with Gasteiger partial charge in [0.25, 0.3) is 0 Å². The molecular weight excluding hydrogens is 241 g/mol. The number of likely N-dealkylation sites (tertiary alicyclic amines) is 1. The van der Waals surface area contributed by atoms with E-state index in [9.17, 15) is 4.39 Å². The van der Waals surface area contributed by atoms with Crippen LogP contribution in [0.3, 0.4) is 0 Å². The van der Waals surface area contributed by atoms with Crippen LogP contribution in [-0.4, -0.2) is 47.0 Å². The molecule has 7 heteroatoms. The molecule has 0 saturated carbocycles. The van der Waals surface area contributed by atoms with Gasteiger partial charge in [-0.1, -0.05) is 0 Å². The second kappa shape index (κ2) is 5.24. The monoisotopic (exact) mass is 259 g/mol. The standard InChI is InChI=1S/C10H18FN5S/c1-14-5-8(11)3-9(6-14)16(17-12)10-4-13-15(2)7-10/h4,7-9H,3,5-6,12H2,1-2H3. The third-order valence-corrected chi connectivity index (χ3v) is 3.69. The molecule has 0 aromatic carbocycles. The number of likely N-dealkylation sites (N-methyl/N-ethyl adjacent to an activating group) is 1. The molecule has 2 heterocycles. The predicted molar refractivity (Wildman–Crippen MR) is 68.3 cm³/mol. The summed E-state index contributed by atoms with van der Waals surface area (Å²) in [5.74, 6) is 0. The van der Waals surface area contributed by atoms with Crippen LogP contribution in [0.15, 0.2) is 12.4 Å². The van der Waals surface area contributed by atoms with Crippen molar-refractivity contribution in [2.75, 3.05) is 24.4 Å². The first kappa shape index (κ1) is 12.7. The summed E-state index contributed by atoms with van der Waals surface area (Å²) in [6, 6.07) is 0.0861. The first-order valence-electron chi connectivity index (χ1n) is 5.57. The number of hydrogen-bond donors (Lipinski definition) is 1. The minimum Gasteiger partial charge on any atom is -0.301 e. The molecule has 1 aromatic rings. The summed E-state index contributed by atoms with van der Waals surface area (Å²) in [6.45, 7) is 1.33. The highest BCUT2D eigenvalue weighted by Crippen LogP contribution is 2.27. The quantitative estimate of drug-likeness (QED) is 0.813. The number of anilines is 1. The minimum atomic E-state index is -0.787. The van der Waals surface area contributed by atoms with E-state index < -0.39 is 6.17 Å². The van der Waals surface area contributed by atoms with Gasteiger partial charge in [0, 0.05) is 44.9 Å². The summed E-state index contributed by atoms with van der Waals surface area (Å²) in [6.07, 6.45) is 3.37. The zero-order valence-corrected chi connectivity index (χ0v) is 10.9.